The maximum Gasteiger partial charge on any atom is 0.313 e. The maximum atomic E-state index is 14.8. The van der Waals surface area contributed by atoms with Crippen LogP contribution in [0.2, 0.25) is 0 Å². The van der Waals surface area contributed by atoms with Gasteiger partial charge in [-0.1, -0.05) is 76.6 Å². The smallest absolute Gasteiger partial charge is 0.313 e. The van der Waals surface area contributed by atoms with E-state index in [9.17, 15) is 24.3 Å². The monoisotopic (exact) mass is 735 g/mol. The zero-order valence-corrected chi connectivity index (χ0v) is 30.2. The lowest BCUT2D eigenvalue weighted by Gasteiger charge is -2.38. The summed E-state index contributed by atoms with van der Waals surface area (Å²) in [5.74, 6) is -3.60. The number of fused-ring (bicyclic) bond motifs is 1. The summed E-state index contributed by atoms with van der Waals surface area (Å²) in [7, 11) is 1.68. The molecule has 2 aromatic rings. The minimum Gasteiger partial charge on any atom is -0.455 e. The van der Waals surface area contributed by atoms with Crippen LogP contribution >= 0.6 is 15.9 Å². The first-order valence-corrected chi connectivity index (χ1v) is 17.7. The number of hydrogen-bond acceptors (Lipinski definition) is 7. The Morgan fingerprint density at radius 1 is 1.12 bits per heavy atom. The number of likely N-dealkylation sites (tertiary alicyclic amines) is 1. The van der Waals surface area contributed by atoms with Crippen LogP contribution in [0.15, 0.2) is 73.8 Å². The predicted octanol–water partition coefficient (Wildman–Crippen LogP) is 4.66. The van der Waals surface area contributed by atoms with Crippen LogP contribution in [0.4, 0.5) is 5.69 Å². The van der Waals surface area contributed by atoms with E-state index in [1.807, 2.05) is 69.3 Å². The SMILES string of the molecule is C=CCCC(=O)N(C)[C@H](C)[C@H](OC(=O)[C@H]1[C@@H]2O[C@@]3(CC2Br)[C@@H]1C(=O)N(CCO)[C@@H]3C(=O)N(CC=C)c1c(C)cccc1C)c1ccccc1. The summed E-state index contributed by atoms with van der Waals surface area (Å²) in [6.07, 6.45) is 2.83. The Kier molecular flexibility index (Phi) is 11.2. The van der Waals surface area contributed by atoms with E-state index in [1.54, 1.807) is 29.0 Å². The fourth-order valence-corrected chi connectivity index (χ4v) is 8.89. The van der Waals surface area contributed by atoms with E-state index in [4.69, 9.17) is 9.47 Å². The van der Waals surface area contributed by atoms with Gasteiger partial charge < -0.3 is 29.3 Å². The molecule has 5 rings (SSSR count). The van der Waals surface area contributed by atoms with Crippen LogP contribution in [-0.4, -0.2) is 94.0 Å². The number of aliphatic hydroxyl groups excluding tert-OH is 1. The zero-order valence-electron chi connectivity index (χ0n) is 28.6. The van der Waals surface area contributed by atoms with Crippen LogP contribution in [0.5, 0.6) is 0 Å². The fourth-order valence-electron chi connectivity index (χ4n) is 7.95. The zero-order chi connectivity index (χ0) is 35.6. The molecule has 2 bridgehead atoms. The number of β-amino-alcohol motifs (C(OH)–C–C–N with tert-alkyl or cyclic N) is 1. The van der Waals surface area contributed by atoms with Gasteiger partial charge in [0.1, 0.15) is 17.7 Å². The van der Waals surface area contributed by atoms with Gasteiger partial charge >= 0.3 is 5.97 Å². The van der Waals surface area contributed by atoms with E-state index in [1.165, 1.54) is 4.90 Å². The van der Waals surface area contributed by atoms with Gasteiger partial charge in [0, 0.05) is 37.1 Å². The molecule has 11 heteroatoms. The molecule has 0 aromatic heterocycles. The first-order chi connectivity index (χ1) is 23.4. The van der Waals surface area contributed by atoms with Crippen molar-refractivity contribution in [2.45, 2.75) is 74.8 Å². The highest BCUT2D eigenvalue weighted by Gasteiger charge is 2.77. The number of para-hydroxylation sites is 1. The van der Waals surface area contributed by atoms with Gasteiger partial charge in [-0.3, -0.25) is 19.2 Å². The topological polar surface area (TPSA) is 117 Å². The molecule has 3 fully saturated rings. The van der Waals surface area contributed by atoms with E-state index < -0.39 is 53.6 Å². The standard InChI is InChI=1S/C38H46BrN3O7/c1-7-9-18-28(44)40(6)25(5)32(26-16-11-10-12-17-26)48-37(47)29-30-35(45)42(20-21-43)34(38(30)22-27(39)33(29)49-38)36(46)41(19-8-2)31-23(3)14-13-15-24(31)4/h7-8,10-17,25,27,29-30,32-34,43H,1-2,9,18-22H2,3-6H3/t25-,27?,29-,30+,32+,33-,34-,38+/m1/s1. The van der Waals surface area contributed by atoms with Crippen LogP contribution in [-0.2, 0) is 28.7 Å². The number of benzene rings is 2. The lowest BCUT2D eigenvalue weighted by Crippen LogP contribution is -2.57. The quantitative estimate of drug-likeness (QED) is 0.171. The van der Waals surface area contributed by atoms with Crippen molar-refractivity contribution in [1.82, 2.24) is 9.80 Å². The number of carbonyl (C=O) groups is 4. The Balaban J connectivity index is 1.52. The summed E-state index contributed by atoms with van der Waals surface area (Å²) in [5, 5.41) is 10.1. The molecular formula is C38H46BrN3O7. The van der Waals surface area contributed by atoms with Gasteiger partial charge in [0.15, 0.2) is 0 Å². The van der Waals surface area contributed by atoms with Crippen LogP contribution in [0, 0.1) is 25.7 Å². The molecule has 10 nitrogen and oxygen atoms in total. The Labute approximate surface area is 296 Å². The molecule has 1 spiro atoms. The number of halogens is 1. The molecule has 0 aliphatic carbocycles. The fraction of sp³-hybridized carbons (Fsp3) is 0.474. The first-order valence-electron chi connectivity index (χ1n) is 16.8. The number of aliphatic hydroxyl groups is 1. The number of alkyl halides is 1. The van der Waals surface area contributed by atoms with Gasteiger partial charge in [0.05, 0.1) is 30.6 Å². The molecule has 0 saturated carbocycles. The lowest BCUT2D eigenvalue weighted by molar-refractivity contribution is -0.164. The Morgan fingerprint density at radius 3 is 2.41 bits per heavy atom. The molecule has 262 valence electrons. The van der Waals surface area contributed by atoms with Gasteiger partial charge in [-0.15, -0.1) is 13.2 Å². The van der Waals surface area contributed by atoms with Gasteiger partial charge in [-0.2, -0.15) is 0 Å². The van der Waals surface area contributed by atoms with E-state index in [0.717, 1.165) is 11.1 Å². The third-order valence-corrected chi connectivity index (χ3v) is 11.1. The van der Waals surface area contributed by atoms with Gasteiger partial charge in [-0.05, 0) is 50.3 Å². The van der Waals surface area contributed by atoms with Gasteiger partial charge in [0.2, 0.25) is 11.8 Å². The number of anilines is 1. The minimum absolute atomic E-state index is 0.105. The van der Waals surface area contributed by atoms with Crippen LogP contribution < -0.4 is 4.90 Å². The third kappa shape index (κ3) is 6.48. The summed E-state index contributed by atoms with van der Waals surface area (Å²) < 4.78 is 13.0. The Bertz CT molecular complexity index is 1580. The van der Waals surface area contributed by atoms with E-state index in [2.05, 4.69) is 29.1 Å². The summed E-state index contributed by atoms with van der Waals surface area (Å²) in [6.45, 7) is 13.0. The molecule has 3 aliphatic rings. The van der Waals surface area contributed by atoms with E-state index >= 15 is 0 Å². The van der Waals surface area contributed by atoms with E-state index in [0.29, 0.717) is 24.1 Å². The molecule has 3 heterocycles. The van der Waals surface area contributed by atoms with Crippen molar-refractivity contribution >= 4 is 45.3 Å². The molecular weight excluding hydrogens is 690 g/mol. The van der Waals surface area contributed by atoms with Crippen molar-refractivity contribution in [3.8, 4) is 0 Å². The van der Waals surface area contributed by atoms with Crippen molar-refractivity contribution in [3.05, 3.63) is 90.5 Å². The molecule has 3 amide bonds. The Morgan fingerprint density at radius 2 is 1.80 bits per heavy atom. The number of aryl methyl sites for hydroxylation is 2. The van der Waals surface area contributed by atoms with Crippen LogP contribution in [0.25, 0.3) is 0 Å². The second kappa shape index (κ2) is 15.0. The Hall–Kier alpha value is -3.80. The number of hydrogen-bond donors (Lipinski definition) is 1. The molecule has 49 heavy (non-hydrogen) atoms. The molecule has 8 atom stereocenters. The second-order valence-electron chi connectivity index (χ2n) is 13.2. The number of allylic oxidation sites excluding steroid dienone is 1. The minimum atomic E-state index is -1.34. The third-order valence-electron chi connectivity index (χ3n) is 10.3. The normalized spacial score (nSPS) is 26.5. The molecule has 0 radical (unpaired) electrons. The average molecular weight is 737 g/mol. The highest BCUT2D eigenvalue weighted by Crippen LogP contribution is 2.60. The number of esters is 1. The van der Waals surface area contributed by atoms with Crippen molar-refractivity contribution in [1.29, 1.82) is 0 Å². The summed E-state index contributed by atoms with van der Waals surface area (Å²) in [5.41, 5.74) is 1.84. The van der Waals surface area contributed by atoms with Crippen LogP contribution in [0.3, 0.4) is 0 Å². The van der Waals surface area contributed by atoms with Crippen molar-refractivity contribution in [3.63, 3.8) is 0 Å². The average Bonchev–Trinajstić information content (AvgIpc) is 3.68. The predicted molar refractivity (Wildman–Crippen MR) is 190 cm³/mol. The molecule has 1 unspecified atom stereocenters. The highest BCUT2D eigenvalue weighted by atomic mass is 79.9. The lowest BCUT2D eigenvalue weighted by atomic mass is 9.70. The molecule has 3 saturated heterocycles. The first kappa shape index (κ1) is 36.5. The number of nitrogens with zero attached hydrogens (tertiary/aromatic N) is 3. The summed E-state index contributed by atoms with van der Waals surface area (Å²) in [4.78, 5) is 60.9. The van der Waals surface area contributed by atoms with Crippen molar-refractivity contribution < 1.29 is 33.8 Å². The second-order valence-corrected chi connectivity index (χ2v) is 14.4. The van der Waals surface area contributed by atoms with E-state index in [-0.39, 0.29) is 42.8 Å². The number of ether oxygens (including phenoxy) is 2. The molecule has 3 aliphatic heterocycles. The summed E-state index contributed by atoms with van der Waals surface area (Å²) >= 11 is 3.72. The maximum absolute atomic E-state index is 14.8. The number of carbonyl (C=O) groups excluding carboxylic acids is 4. The molecule has 2 aromatic carbocycles. The largest absolute Gasteiger partial charge is 0.455 e. The highest BCUT2D eigenvalue weighted by molar-refractivity contribution is 9.09. The van der Waals surface area contributed by atoms with Gasteiger partial charge in [-0.25, -0.2) is 0 Å². The number of rotatable bonds is 14. The van der Waals surface area contributed by atoms with Crippen molar-refractivity contribution in [2.75, 3.05) is 31.6 Å². The van der Waals surface area contributed by atoms with Crippen LogP contribution in [0.1, 0.15) is 49.0 Å². The number of likely N-dealkylation sites (N-methyl/N-ethyl adjacent to an activating group) is 1. The van der Waals surface area contributed by atoms with Crippen molar-refractivity contribution in [2.24, 2.45) is 11.8 Å². The van der Waals surface area contributed by atoms with Gasteiger partial charge in [0.25, 0.3) is 5.91 Å². The summed E-state index contributed by atoms with van der Waals surface area (Å²) in [6, 6.07) is 13.3. The molecule has 1 N–H and O–H groups in total. The number of amides is 3.